The first-order chi connectivity index (χ1) is 12.5. The minimum absolute atomic E-state index is 0.306. The van der Waals surface area contributed by atoms with Crippen molar-refractivity contribution in [1.29, 1.82) is 0 Å². The van der Waals surface area contributed by atoms with E-state index in [0.717, 1.165) is 27.1 Å². The molecule has 0 atom stereocenters. The zero-order valence-electron chi connectivity index (χ0n) is 14.5. The predicted molar refractivity (Wildman–Crippen MR) is 107 cm³/mol. The lowest BCUT2D eigenvalue weighted by Crippen LogP contribution is -2.02. The van der Waals surface area contributed by atoms with Crippen molar-refractivity contribution in [3.8, 4) is 0 Å². The first-order valence-electron chi connectivity index (χ1n) is 8.10. The lowest BCUT2D eigenvalue weighted by atomic mass is 10.2. The fraction of sp³-hybridized carbons (Fsp3) is 0.222. The van der Waals surface area contributed by atoms with Crippen LogP contribution in [-0.2, 0) is 15.6 Å². The standard InChI is InChI=1S/C18H19N3O2S3/c1-3-19-17-20-21-18(25-17)24-12-14-6-10-16(11-7-14)26(22,23)15-8-4-13(2)5-9-15/h4-11H,3,12H2,1-2H3,(H,19,20). The van der Waals surface area contributed by atoms with E-state index in [2.05, 4.69) is 15.5 Å². The van der Waals surface area contributed by atoms with E-state index in [0.29, 0.717) is 15.5 Å². The normalized spacial score (nSPS) is 11.5. The Balaban J connectivity index is 1.68. The summed E-state index contributed by atoms with van der Waals surface area (Å²) in [6, 6.07) is 13.9. The van der Waals surface area contributed by atoms with Crippen LogP contribution >= 0.6 is 23.1 Å². The summed E-state index contributed by atoms with van der Waals surface area (Å²) in [4.78, 5) is 0.621. The van der Waals surface area contributed by atoms with Crippen LogP contribution in [0.3, 0.4) is 0 Å². The molecular weight excluding hydrogens is 386 g/mol. The van der Waals surface area contributed by atoms with Crippen LogP contribution in [0.2, 0.25) is 0 Å². The summed E-state index contributed by atoms with van der Waals surface area (Å²) in [5.41, 5.74) is 2.07. The quantitative estimate of drug-likeness (QED) is 0.587. The number of hydrogen-bond acceptors (Lipinski definition) is 7. The van der Waals surface area contributed by atoms with Crippen LogP contribution in [0.15, 0.2) is 62.7 Å². The number of nitrogens with one attached hydrogen (secondary N) is 1. The maximum Gasteiger partial charge on any atom is 0.206 e. The minimum atomic E-state index is -3.48. The van der Waals surface area contributed by atoms with Gasteiger partial charge in [0.25, 0.3) is 0 Å². The molecule has 0 unspecified atom stereocenters. The molecule has 0 fully saturated rings. The third-order valence-electron chi connectivity index (χ3n) is 3.66. The van der Waals surface area contributed by atoms with Gasteiger partial charge in [0.15, 0.2) is 4.34 Å². The molecule has 5 nitrogen and oxygen atoms in total. The van der Waals surface area contributed by atoms with Gasteiger partial charge in [0.1, 0.15) is 0 Å². The monoisotopic (exact) mass is 405 g/mol. The molecule has 0 aliphatic carbocycles. The summed E-state index contributed by atoms with van der Waals surface area (Å²) in [7, 11) is -3.48. The number of aryl methyl sites for hydroxylation is 1. The van der Waals surface area contributed by atoms with Gasteiger partial charge in [0, 0.05) is 12.3 Å². The zero-order valence-corrected chi connectivity index (χ0v) is 16.9. The van der Waals surface area contributed by atoms with Gasteiger partial charge < -0.3 is 5.32 Å². The highest BCUT2D eigenvalue weighted by Crippen LogP contribution is 2.29. The van der Waals surface area contributed by atoms with Crippen molar-refractivity contribution < 1.29 is 8.42 Å². The van der Waals surface area contributed by atoms with Crippen molar-refractivity contribution in [2.45, 2.75) is 33.7 Å². The summed E-state index contributed by atoms with van der Waals surface area (Å²) in [6.45, 7) is 4.76. The molecule has 0 saturated heterocycles. The topological polar surface area (TPSA) is 72.0 Å². The fourth-order valence-corrected chi connectivity index (χ4v) is 5.29. The Hall–Kier alpha value is -1.90. The molecule has 0 saturated carbocycles. The molecule has 0 aliphatic heterocycles. The molecule has 0 spiro atoms. The zero-order chi connectivity index (χ0) is 18.6. The second-order valence-corrected chi connectivity index (χ2v) is 9.80. The molecule has 0 bridgehead atoms. The Labute approximate surface area is 161 Å². The second kappa shape index (κ2) is 8.20. The van der Waals surface area contributed by atoms with Crippen molar-refractivity contribution in [1.82, 2.24) is 10.2 Å². The smallest absolute Gasteiger partial charge is 0.206 e. The molecule has 0 radical (unpaired) electrons. The summed E-state index contributed by atoms with van der Waals surface area (Å²) < 4.78 is 26.2. The SMILES string of the molecule is CCNc1nnc(SCc2ccc(S(=O)(=O)c3ccc(C)cc3)cc2)s1. The van der Waals surface area contributed by atoms with Crippen LogP contribution in [0.1, 0.15) is 18.1 Å². The van der Waals surface area contributed by atoms with Crippen molar-refractivity contribution in [3.05, 3.63) is 59.7 Å². The second-order valence-electron chi connectivity index (χ2n) is 5.65. The van der Waals surface area contributed by atoms with Gasteiger partial charge >= 0.3 is 0 Å². The van der Waals surface area contributed by atoms with E-state index in [1.54, 1.807) is 36.0 Å². The first-order valence-corrected chi connectivity index (χ1v) is 11.4. The van der Waals surface area contributed by atoms with Crippen LogP contribution in [0.4, 0.5) is 5.13 Å². The van der Waals surface area contributed by atoms with E-state index in [4.69, 9.17) is 0 Å². The summed E-state index contributed by atoms with van der Waals surface area (Å²) >= 11 is 3.10. The molecule has 1 N–H and O–H groups in total. The Bertz CT molecular complexity index is 966. The van der Waals surface area contributed by atoms with Crippen LogP contribution < -0.4 is 5.32 Å². The molecule has 26 heavy (non-hydrogen) atoms. The van der Waals surface area contributed by atoms with Gasteiger partial charge in [0.05, 0.1) is 9.79 Å². The summed E-state index contributed by atoms with van der Waals surface area (Å²) in [6.07, 6.45) is 0. The third kappa shape index (κ3) is 4.44. The minimum Gasteiger partial charge on any atom is -0.360 e. The van der Waals surface area contributed by atoms with E-state index in [1.807, 2.05) is 38.1 Å². The highest BCUT2D eigenvalue weighted by molar-refractivity contribution is 8.00. The Morgan fingerprint density at radius 3 is 2.23 bits per heavy atom. The van der Waals surface area contributed by atoms with Gasteiger partial charge in [-0.05, 0) is 43.7 Å². The van der Waals surface area contributed by atoms with E-state index < -0.39 is 9.84 Å². The van der Waals surface area contributed by atoms with Crippen molar-refractivity contribution >= 4 is 38.1 Å². The van der Waals surface area contributed by atoms with Crippen molar-refractivity contribution in [2.24, 2.45) is 0 Å². The van der Waals surface area contributed by atoms with Crippen LogP contribution in [0, 0.1) is 6.92 Å². The first kappa shape index (κ1) is 18.9. The lowest BCUT2D eigenvalue weighted by Gasteiger charge is -2.06. The third-order valence-corrected chi connectivity index (χ3v) is 7.53. The molecule has 1 aromatic heterocycles. The highest BCUT2D eigenvalue weighted by Gasteiger charge is 2.17. The molecule has 3 aromatic rings. The highest BCUT2D eigenvalue weighted by atomic mass is 32.2. The molecule has 3 rings (SSSR count). The van der Waals surface area contributed by atoms with Crippen molar-refractivity contribution in [3.63, 3.8) is 0 Å². The molecule has 0 aliphatic rings. The van der Waals surface area contributed by atoms with Gasteiger partial charge in [-0.1, -0.05) is 52.9 Å². The molecule has 2 aromatic carbocycles. The number of anilines is 1. The number of benzene rings is 2. The molecule has 1 heterocycles. The molecule has 8 heteroatoms. The van der Waals surface area contributed by atoms with Gasteiger partial charge in [-0.3, -0.25) is 0 Å². The maximum absolute atomic E-state index is 12.7. The van der Waals surface area contributed by atoms with Gasteiger partial charge in [-0.25, -0.2) is 8.42 Å². The lowest BCUT2D eigenvalue weighted by molar-refractivity contribution is 0.596. The van der Waals surface area contributed by atoms with E-state index in [9.17, 15) is 8.42 Å². The van der Waals surface area contributed by atoms with E-state index in [1.165, 1.54) is 11.3 Å². The predicted octanol–water partition coefficient (Wildman–Crippen LogP) is 4.40. The van der Waals surface area contributed by atoms with Crippen LogP contribution in [0.25, 0.3) is 0 Å². The van der Waals surface area contributed by atoms with Gasteiger partial charge in [-0.2, -0.15) is 0 Å². The van der Waals surface area contributed by atoms with Crippen LogP contribution in [-0.4, -0.2) is 25.2 Å². The Kier molecular flexibility index (Phi) is 5.95. The summed E-state index contributed by atoms with van der Waals surface area (Å²) in [5, 5.41) is 12.1. The van der Waals surface area contributed by atoms with Crippen LogP contribution in [0.5, 0.6) is 0 Å². The maximum atomic E-state index is 12.7. The molecule has 136 valence electrons. The Morgan fingerprint density at radius 1 is 1.00 bits per heavy atom. The fourth-order valence-electron chi connectivity index (χ4n) is 2.25. The van der Waals surface area contributed by atoms with E-state index >= 15 is 0 Å². The largest absolute Gasteiger partial charge is 0.360 e. The average Bonchev–Trinajstić information content (AvgIpc) is 3.09. The van der Waals surface area contributed by atoms with Gasteiger partial charge in [0.2, 0.25) is 15.0 Å². The van der Waals surface area contributed by atoms with Crippen molar-refractivity contribution in [2.75, 3.05) is 11.9 Å². The van der Waals surface area contributed by atoms with E-state index in [-0.39, 0.29) is 0 Å². The number of sulfone groups is 1. The Morgan fingerprint density at radius 2 is 1.62 bits per heavy atom. The van der Waals surface area contributed by atoms with Gasteiger partial charge in [-0.15, -0.1) is 10.2 Å². The number of thioether (sulfide) groups is 1. The number of nitrogens with zero attached hydrogens (tertiary/aromatic N) is 2. The summed E-state index contributed by atoms with van der Waals surface area (Å²) in [5.74, 6) is 0.714. The molecule has 0 amide bonds. The number of hydrogen-bond donors (Lipinski definition) is 1. The molecular formula is C18H19N3O2S3. The number of aromatic nitrogens is 2. The number of rotatable bonds is 7. The average molecular weight is 406 g/mol.